The summed E-state index contributed by atoms with van der Waals surface area (Å²) in [4.78, 5) is 10.5. The van der Waals surface area contributed by atoms with Crippen LogP contribution in [-0.2, 0) is 6.42 Å². The summed E-state index contributed by atoms with van der Waals surface area (Å²) >= 11 is 0. The second kappa shape index (κ2) is 3.89. The maximum Gasteiger partial charge on any atom is 0.356 e. The quantitative estimate of drug-likeness (QED) is 0.694. The van der Waals surface area contributed by atoms with Crippen LogP contribution in [0.1, 0.15) is 30.0 Å². The summed E-state index contributed by atoms with van der Waals surface area (Å²) in [6, 6.07) is 1.54. The van der Waals surface area contributed by atoms with Gasteiger partial charge in [0.15, 0.2) is 5.69 Å². The third-order valence-corrected chi connectivity index (χ3v) is 1.58. The first-order chi connectivity index (χ1) is 6.09. The van der Waals surface area contributed by atoms with Crippen molar-refractivity contribution in [3.05, 3.63) is 29.1 Å². The number of hydrogen-bond acceptors (Lipinski definition) is 2. The van der Waals surface area contributed by atoms with Gasteiger partial charge in [-0.3, -0.25) is 5.10 Å². The van der Waals surface area contributed by atoms with Crippen LogP contribution in [0.15, 0.2) is 17.7 Å². The average molecular weight is 180 g/mol. The number of aromatic amines is 1. The molecule has 0 aromatic carbocycles. The van der Waals surface area contributed by atoms with E-state index in [1.807, 2.05) is 19.9 Å². The summed E-state index contributed by atoms with van der Waals surface area (Å²) in [6.45, 7) is 3.99. The van der Waals surface area contributed by atoms with Crippen molar-refractivity contribution in [2.45, 2.75) is 20.3 Å². The highest BCUT2D eigenvalue weighted by atomic mass is 16.4. The second-order valence-electron chi connectivity index (χ2n) is 3.07. The molecule has 13 heavy (non-hydrogen) atoms. The molecule has 1 aromatic heterocycles. The van der Waals surface area contributed by atoms with E-state index >= 15 is 0 Å². The second-order valence-corrected chi connectivity index (χ2v) is 3.07. The molecule has 1 rings (SSSR count). The lowest BCUT2D eigenvalue weighted by Crippen LogP contribution is -1.95. The number of nitrogens with zero attached hydrogens (tertiary/aromatic N) is 1. The molecule has 0 atom stereocenters. The van der Waals surface area contributed by atoms with Crippen LogP contribution in [-0.4, -0.2) is 21.3 Å². The Bertz CT molecular complexity index is 335. The number of carboxylic acids is 1. The molecule has 4 nitrogen and oxygen atoms in total. The molecule has 4 heteroatoms. The number of carboxylic acid groups (broad SMARTS) is 1. The van der Waals surface area contributed by atoms with Crippen molar-refractivity contribution in [1.82, 2.24) is 10.2 Å². The minimum Gasteiger partial charge on any atom is -0.476 e. The number of rotatable bonds is 3. The molecule has 0 saturated carbocycles. The van der Waals surface area contributed by atoms with Crippen molar-refractivity contribution < 1.29 is 9.90 Å². The van der Waals surface area contributed by atoms with Crippen molar-refractivity contribution in [2.75, 3.05) is 0 Å². The minimum absolute atomic E-state index is 0.0668. The van der Waals surface area contributed by atoms with Gasteiger partial charge in [-0.15, -0.1) is 0 Å². The number of carbonyl (C=O) groups is 1. The van der Waals surface area contributed by atoms with Crippen molar-refractivity contribution in [1.29, 1.82) is 0 Å². The van der Waals surface area contributed by atoms with Gasteiger partial charge in [0, 0.05) is 12.1 Å². The van der Waals surface area contributed by atoms with Gasteiger partial charge in [-0.1, -0.05) is 11.6 Å². The molecule has 0 saturated heterocycles. The molecule has 1 heterocycles. The van der Waals surface area contributed by atoms with Crippen LogP contribution in [0.5, 0.6) is 0 Å². The molecule has 0 aliphatic rings. The van der Waals surface area contributed by atoms with E-state index in [0.29, 0.717) is 6.42 Å². The van der Waals surface area contributed by atoms with Crippen molar-refractivity contribution in [3.8, 4) is 0 Å². The molecule has 0 radical (unpaired) electrons. The summed E-state index contributed by atoms with van der Waals surface area (Å²) in [5.74, 6) is -1.00. The van der Waals surface area contributed by atoms with E-state index in [0.717, 1.165) is 5.69 Å². The Morgan fingerprint density at radius 2 is 2.38 bits per heavy atom. The highest BCUT2D eigenvalue weighted by Crippen LogP contribution is 2.02. The van der Waals surface area contributed by atoms with E-state index < -0.39 is 5.97 Å². The topological polar surface area (TPSA) is 66.0 Å². The van der Waals surface area contributed by atoms with Gasteiger partial charge in [0.25, 0.3) is 0 Å². The van der Waals surface area contributed by atoms with Crippen LogP contribution in [0.4, 0.5) is 0 Å². The Hall–Kier alpha value is -1.58. The Morgan fingerprint density at radius 1 is 1.69 bits per heavy atom. The summed E-state index contributed by atoms with van der Waals surface area (Å²) in [7, 11) is 0. The Balaban J connectivity index is 2.70. The van der Waals surface area contributed by atoms with E-state index in [1.165, 1.54) is 5.57 Å². The predicted octanol–water partition coefficient (Wildman–Crippen LogP) is 1.62. The van der Waals surface area contributed by atoms with E-state index in [2.05, 4.69) is 10.2 Å². The van der Waals surface area contributed by atoms with Crippen LogP contribution in [0.3, 0.4) is 0 Å². The first kappa shape index (κ1) is 9.51. The molecule has 0 amide bonds. The summed E-state index contributed by atoms with van der Waals surface area (Å²) in [5, 5.41) is 14.9. The summed E-state index contributed by atoms with van der Waals surface area (Å²) in [6.07, 6.45) is 2.71. The smallest absolute Gasteiger partial charge is 0.356 e. The van der Waals surface area contributed by atoms with Crippen LogP contribution in [0.2, 0.25) is 0 Å². The molecule has 0 fully saturated rings. The Kier molecular flexibility index (Phi) is 2.84. The molecule has 2 N–H and O–H groups in total. The average Bonchev–Trinajstić information content (AvgIpc) is 2.48. The number of nitrogens with one attached hydrogen (secondary N) is 1. The zero-order chi connectivity index (χ0) is 9.84. The largest absolute Gasteiger partial charge is 0.476 e. The normalized spacial score (nSPS) is 9.69. The molecule has 70 valence electrons. The predicted molar refractivity (Wildman–Crippen MR) is 48.7 cm³/mol. The summed E-state index contributed by atoms with van der Waals surface area (Å²) in [5.41, 5.74) is 2.09. The maximum absolute atomic E-state index is 10.5. The zero-order valence-electron chi connectivity index (χ0n) is 7.66. The van der Waals surface area contributed by atoms with Crippen LogP contribution < -0.4 is 0 Å². The van der Waals surface area contributed by atoms with Crippen molar-refractivity contribution in [3.63, 3.8) is 0 Å². The lowest BCUT2D eigenvalue weighted by Gasteiger charge is -1.89. The lowest BCUT2D eigenvalue weighted by atomic mass is 10.2. The van der Waals surface area contributed by atoms with E-state index in [4.69, 9.17) is 5.11 Å². The van der Waals surface area contributed by atoms with Gasteiger partial charge in [-0.25, -0.2) is 4.79 Å². The molecule has 0 spiro atoms. The Morgan fingerprint density at radius 3 is 2.85 bits per heavy atom. The van der Waals surface area contributed by atoms with Gasteiger partial charge in [0.1, 0.15) is 0 Å². The number of H-pyrrole nitrogens is 1. The van der Waals surface area contributed by atoms with Gasteiger partial charge in [0.2, 0.25) is 0 Å². The van der Waals surface area contributed by atoms with Crippen molar-refractivity contribution >= 4 is 5.97 Å². The monoisotopic (exact) mass is 180 g/mol. The SMILES string of the molecule is CC(C)=CCc1cc(C(=O)O)n[nH]1. The molecular formula is C9H12N2O2. The fourth-order valence-corrected chi connectivity index (χ4v) is 0.890. The number of hydrogen-bond donors (Lipinski definition) is 2. The number of aromatic carboxylic acids is 1. The highest BCUT2D eigenvalue weighted by Gasteiger charge is 2.06. The molecule has 0 aliphatic carbocycles. The summed E-state index contributed by atoms with van der Waals surface area (Å²) < 4.78 is 0. The van der Waals surface area contributed by atoms with E-state index in [9.17, 15) is 4.79 Å². The lowest BCUT2D eigenvalue weighted by molar-refractivity contribution is 0.0690. The van der Waals surface area contributed by atoms with Gasteiger partial charge >= 0.3 is 5.97 Å². The Labute approximate surface area is 76.3 Å². The maximum atomic E-state index is 10.5. The molecular weight excluding hydrogens is 168 g/mol. The number of allylic oxidation sites excluding steroid dienone is 2. The van der Waals surface area contributed by atoms with Gasteiger partial charge in [-0.05, 0) is 19.9 Å². The first-order valence-electron chi connectivity index (χ1n) is 4.00. The molecule has 0 aliphatic heterocycles. The van der Waals surface area contributed by atoms with Gasteiger partial charge in [-0.2, -0.15) is 5.10 Å². The number of aromatic nitrogens is 2. The molecule has 1 aromatic rings. The molecule has 0 unspecified atom stereocenters. The first-order valence-corrected chi connectivity index (χ1v) is 4.00. The van der Waals surface area contributed by atoms with Gasteiger partial charge in [0.05, 0.1) is 0 Å². The molecule has 0 bridgehead atoms. The van der Waals surface area contributed by atoms with Crippen LogP contribution >= 0.6 is 0 Å². The third kappa shape index (κ3) is 2.74. The van der Waals surface area contributed by atoms with Crippen molar-refractivity contribution in [2.24, 2.45) is 0 Å². The standard InChI is InChI=1S/C9H12N2O2/c1-6(2)3-4-7-5-8(9(12)13)11-10-7/h3,5H,4H2,1-2H3,(H,10,11)(H,12,13). The zero-order valence-corrected chi connectivity index (χ0v) is 7.66. The van der Waals surface area contributed by atoms with Gasteiger partial charge < -0.3 is 5.11 Å². The van der Waals surface area contributed by atoms with Crippen LogP contribution in [0.25, 0.3) is 0 Å². The van der Waals surface area contributed by atoms with Crippen LogP contribution in [0, 0.1) is 0 Å². The highest BCUT2D eigenvalue weighted by molar-refractivity contribution is 5.85. The minimum atomic E-state index is -1.00. The fourth-order valence-electron chi connectivity index (χ4n) is 0.890. The van der Waals surface area contributed by atoms with E-state index in [1.54, 1.807) is 6.07 Å². The van der Waals surface area contributed by atoms with E-state index in [-0.39, 0.29) is 5.69 Å². The fraction of sp³-hybridized carbons (Fsp3) is 0.333. The third-order valence-electron chi connectivity index (χ3n) is 1.58.